The Balaban J connectivity index is 2.55. The fourth-order valence-corrected chi connectivity index (χ4v) is 2.04. The van der Waals surface area contributed by atoms with E-state index in [0.717, 1.165) is 18.4 Å². The number of phenolic OH excluding ortho intramolecular Hbond substituents is 1. The average Bonchev–Trinajstić information content (AvgIpc) is 2.40. The summed E-state index contributed by atoms with van der Waals surface area (Å²) in [5, 5.41) is 9.67. The highest BCUT2D eigenvalue weighted by molar-refractivity contribution is 5.92. The molecule has 0 spiro atoms. The number of rotatable bonds is 8. The van der Waals surface area contributed by atoms with Crippen molar-refractivity contribution in [2.75, 3.05) is 6.61 Å². The highest BCUT2D eigenvalue weighted by Crippen LogP contribution is 2.21. The van der Waals surface area contributed by atoms with Gasteiger partial charge in [-0.1, -0.05) is 38.7 Å². The van der Waals surface area contributed by atoms with Crippen LogP contribution in [-0.4, -0.2) is 17.7 Å². The van der Waals surface area contributed by atoms with Crippen LogP contribution in [-0.2, 0) is 11.2 Å². The van der Waals surface area contributed by atoms with Crippen LogP contribution in [0, 0.1) is 0 Å². The van der Waals surface area contributed by atoms with E-state index in [1.807, 2.05) is 6.07 Å². The first kappa shape index (κ1) is 15.5. The van der Waals surface area contributed by atoms with Gasteiger partial charge in [0.2, 0.25) is 0 Å². The number of ether oxygens (including phenoxy) is 1. The second kappa shape index (κ2) is 8.57. The fourth-order valence-electron chi connectivity index (χ4n) is 2.04. The van der Waals surface area contributed by atoms with Crippen LogP contribution in [0.15, 0.2) is 18.2 Å². The molecule has 0 heterocycles. The van der Waals surface area contributed by atoms with Crippen molar-refractivity contribution in [3.63, 3.8) is 0 Å². The van der Waals surface area contributed by atoms with Crippen LogP contribution in [0.3, 0.4) is 0 Å². The first-order valence-corrected chi connectivity index (χ1v) is 7.18. The van der Waals surface area contributed by atoms with E-state index in [4.69, 9.17) is 4.74 Å². The van der Waals surface area contributed by atoms with Gasteiger partial charge in [-0.3, -0.25) is 0 Å². The van der Waals surface area contributed by atoms with Crippen LogP contribution in [0.25, 0.3) is 0 Å². The minimum atomic E-state index is -0.451. The Morgan fingerprint density at radius 3 is 2.58 bits per heavy atom. The van der Waals surface area contributed by atoms with E-state index in [1.165, 1.54) is 25.7 Å². The first-order chi connectivity index (χ1) is 9.19. The molecule has 1 rings (SSSR count). The number of aryl methyl sites for hydroxylation is 1. The fraction of sp³-hybridized carbons (Fsp3) is 0.562. The zero-order valence-electron chi connectivity index (χ0n) is 11.9. The molecule has 0 aliphatic heterocycles. The molecule has 0 bridgehead atoms. The van der Waals surface area contributed by atoms with E-state index in [2.05, 4.69) is 6.92 Å². The Morgan fingerprint density at radius 1 is 1.16 bits per heavy atom. The largest absolute Gasteiger partial charge is 0.507 e. The van der Waals surface area contributed by atoms with Crippen molar-refractivity contribution < 1.29 is 14.6 Å². The van der Waals surface area contributed by atoms with Gasteiger partial charge in [0.25, 0.3) is 0 Å². The number of hydrogen-bond donors (Lipinski definition) is 1. The number of hydrogen-bond acceptors (Lipinski definition) is 3. The van der Waals surface area contributed by atoms with Gasteiger partial charge in [-0.15, -0.1) is 0 Å². The third-order valence-electron chi connectivity index (χ3n) is 3.13. The van der Waals surface area contributed by atoms with Crippen molar-refractivity contribution in [3.05, 3.63) is 29.3 Å². The van der Waals surface area contributed by atoms with Crippen molar-refractivity contribution in [2.24, 2.45) is 0 Å². The number of esters is 1. The molecule has 0 fully saturated rings. The van der Waals surface area contributed by atoms with Gasteiger partial charge >= 0.3 is 5.97 Å². The van der Waals surface area contributed by atoms with Gasteiger partial charge in [0.1, 0.15) is 11.3 Å². The molecule has 0 aromatic heterocycles. The summed E-state index contributed by atoms with van der Waals surface area (Å²) in [6.07, 6.45) is 7.06. The molecule has 1 aromatic carbocycles. The maximum atomic E-state index is 11.7. The number of aromatic hydroxyl groups is 1. The van der Waals surface area contributed by atoms with Crippen molar-refractivity contribution in [1.29, 1.82) is 0 Å². The van der Waals surface area contributed by atoms with Crippen LogP contribution >= 0.6 is 0 Å². The lowest BCUT2D eigenvalue weighted by Gasteiger charge is -2.07. The highest BCUT2D eigenvalue weighted by Gasteiger charge is 2.12. The third-order valence-corrected chi connectivity index (χ3v) is 3.13. The summed E-state index contributed by atoms with van der Waals surface area (Å²) < 4.78 is 4.92. The van der Waals surface area contributed by atoms with E-state index >= 15 is 0 Å². The van der Waals surface area contributed by atoms with Crippen LogP contribution in [0.4, 0.5) is 0 Å². The molecule has 19 heavy (non-hydrogen) atoms. The standard InChI is InChI=1S/C16H24O3/c1-3-5-6-7-8-9-13-10-11-15(17)14(12-13)16(18)19-4-2/h10-12,17H,3-9H2,1-2H3. The number of phenols is 1. The molecular formula is C16H24O3. The van der Waals surface area contributed by atoms with Crippen molar-refractivity contribution in [3.8, 4) is 5.75 Å². The Kier molecular flexibility index (Phi) is 7.01. The second-order valence-electron chi connectivity index (χ2n) is 4.74. The summed E-state index contributed by atoms with van der Waals surface area (Å²) in [7, 11) is 0. The topological polar surface area (TPSA) is 46.5 Å². The summed E-state index contributed by atoms with van der Waals surface area (Å²) in [5.41, 5.74) is 1.35. The maximum absolute atomic E-state index is 11.7. The van der Waals surface area contributed by atoms with Crippen LogP contribution in [0.5, 0.6) is 5.75 Å². The smallest absolute Gasteiger partial charge is 0.341 e. The third kappa shape index (κ3) is 5.33. The number of benzene rings is 1. The minimum absolute atomic E-state index is 0.00631. The highest BCUT2D eigenvalue weighted by atomic mass is 16.5. The monoisotopic (exact) mass is 264 g/mol. The zero-order chi connectivity index (χ0) is 14.1. The van der Waals surface area contributed by atoms with Gasteiger partial charge in [0.15, 0.2) is 0 Å². The molecule has 0 aliphatic rings. The average molecular weight is 264 g/mol. The van der Waals surface area contributed by atoms with Crippen molar-refractivity contribution in [1.82, 2.24) is 0 Å². The lowest BCUT2D eigenvalue weighted by atomic mass is 10.0. The van der Waals surface area contributed by atoms with Gasteiger partial charge in [0.05, 0.1) is 6.61 Å². The van der Waals surface area contributed by atoms with Crippen LogP contribution in [0.2, 0.25) is 0 Å². The molecule has 0 atom stereocenters. The van der Waals surface area contributed by atoms with Gasteiger partial charge in [-0.05, 0) is 37.5 Å². The lowest BCUT2D eigenvalue weighted by molar-refractivity contribution is 0.0523. The predicted molar refractivity (Wildman–Crippen MR) is 76.5 cm³/mol. The molecule has 0 aliphatic carbocycles. The quantitative estimate of drug-likeness (QED) is 0.568. The molecule has 1 aromatic rings. The summed E-state index contributed by atoms with van der Waals surface area (Å²) in [4.78, 5) is 11.7. The van der Waals surface area contributed by atoms with Gasteiger partial charge in [-0.25, -0.2) is 4.79 Å². The van der Waals surface area contributed by atoms with Crippen molar-refractivity contribution >= 4 is 5.97 Å². The Morgan fingerprint density at radius 2 is 1.89 bits per heavy atom. The summed E-state index contributed by atoms with van der Waals surface area (Å²) in [6.45, 7) is 4.28. The maximum Gasteiger partial charge on any atom is 0.341 e. The normalized spacial score (nSPS) is 10.4. The molecule has 3 heteroatoms. The molecule has 3 nitrogen and oxygen atoms in total. The van der Waals surface area contributed by atoms with Gasteiger partial charge in [0, 0.05) is 0 Å². The first-order valence-electron chi connectivity index (χ1n) is 7.18. The lowest BCUT2D eigenvalue weighted by Crippen LogP contribution is -2.05. The second-order valence-corrected chi connectivity index (χ2v) is 4.74. The number of unbranched alkanes of at least 4 members (excludes halogenated alkanes) is 4. The molecule has 0 saturated heterocycles. The summed E-state index contributed by atoms with van der Waals surface area (Å²) in [6, 6.07) is 5.19. The molecule has 1 N–H and O–H groups in total. The molecule has 0 unspecified atom stereocenters. The molecular weight excluding hydrogens is 240 g/mol. The molecule has 106 valence electrons. The van der Waals surface area contributed by atoms with E-state index < -0.39 is 5.97 Å². The van der Waals surface area contributed by atoms with Gasteiger partial charge in [-0.2, -0.15) is 0 Å². The van der Waals surface area contributed by atoms with Gasteiger partial charge < -0.3 is 9.84 Å². The Labute approximate surface area is 115 Å². The van der Waals surface area contributed by atoms with Crippen molar-refractivity contribution in [2.45, 2.75) is 52.4 Å². The molecule has 0 radical (unpaired) electrons. The Bertz CT molecular complexity index is 399. The summed E-state index contributed by atoms with van der Waals surface area (Å²) >= 11 is 0. The SMILES string of the molecule is CCCCCCCc1ccc(O)c(C(=O)OCC)c1. The van der Waals surface area contributed by atoms with E-state index in [1.54, 1.807) is 19.1 Å². The van der Waals surface area contributed by atoms with Crippen LogP contribution < -0.4 is 0 Å². The molecule has 0 amide bonds. The predicted octanol–water partition coefficient (Wildman–Crippen LogP) is 4.08. The zero-order valence-corrected chi connectivity index (χ0v) is 11.9. The van der Waals surface area contributed by atoms with E-state index in [0.29, 0.717) is 6.61 Å². The van der Waals surface area contributed by atoms with Crippen LogP contribution in [0.1, 0.15) is 61.9 Å². The minimum Gasteiger partial charge on any atom is -0.507 e. The summed E-state index contributed by atoms with van der Waals surface area (Å²) in [5.74, 6) is -0.457. The van der Waals surface area contributed by atoms with E-state index in [9.17, 15) is 9.90 Å². The number of carbonyl (C=O) groups excluding carboxylic acids is 1. The number of carbonyl (C=O) groups is 1. The Hall–Kier alpha value is -1.51. The van der Waals surface area contributed by atoms with E-state index in [-0.39, 0.29) is 11.3 Å². The molecule has 0 saturated carbocycles.